The Kier molecular flexibility index (Phi) is 4.92. The second-order valence-electron chi connectivity index (χ2n) is 5.33. The first kappa shape index (κ1) is 17.3. The monoisotopic (exact) mass is 377 g/mol. The van der Waals surface area contributed by atoms with Gasteiger partial charge in [-0.2, -0.15) is 0 Å². The topological polar surface area (TPSA) is 84.1 Å². The maximum absolute atomic E-state index is 12.2. The first-order valence-electron chi connectivity index (χ1n) is 7.33. The summed E-state index contributed by atoms with van der Waals surface area (Å²) in [7, 11) is 0. The van der Waals surface area contributed by atoms with E-state index in [2.05, 4.69) is 15.3 Å². The van der Waals surface area contributed by atoms with Crippen LogP contribution in [0.1, 0.15) is 17.3 Å². The van der Waals surface area contributed by atoms with Crippen molar-refractivity contribution < 1.29 is 14.3 Å². The minimum Gasteiger partial charge on any atom is -0.449 e. The van der Waals surface area contributed by atoms with Crippen LogP contribution in [0.4, 0.5) is 5.69 Å². The van der Waals surface area contributed by atoms with Crippen molar-refractivity contribution in [1.82, 2.24) is 9.97 Å². The van der Waals surface area contributed by atoms with E-state index in [9.17, 15) is 9.59 Å². The standard InChI is InChI=1S/C17H13Cl2N3O3/c1-9(16(23)22-13-6-11(18)5-12(19)7-13)25-17(24)10-2-3-14-15(4-10)21-8-20-14/h2-9H,1H3,(H,20,21)(H,22,23). The largest absolute Gasteiger partial charge is 0.449 e. The molecule has 25 heavy (non-hydrogen) atoms. The predicted octanol–water partition coefficient (Wildman–Crippen LogP) is 4.05. The fraction of sp³-hybridized carbons (Fsp3) is 0.118. The molecule has 0 aliphatic heterocycles. The van der Waals surface area contributed by atoms with E-state index in [-0.39, 0.29) is 0 Å². The molecule has 3 aromatic rings. The van der Waals surface area contributed by atoms with E-state index in [1.807, 2.05) is 0 Å². The Hall–Kier alpha value is -2.57. The summed E-state index contributed by atoms with van der Waals surface area (Å²) in [6.45, 7) is 1.48. The summed E-state index contributed by atoms with van der Waals surface area (Å²) in [5, 5.41) is 3.38. The minimum absolute atomic E-state index is 0.321. The summed E-state index contributed by atoms with van der Waals surface area (Å²) in [4.78, 5) is 31.4. The molecule has 0 spiro atoms. The zero-order chi connectivity index (χ0) is 18.0. The molecule has 0 aliphatic carbocycles. The average Bonchev–Trinajstić information content (AvgIpc) is 3.01. The van der Waals surface area contributed by atoms with Crippen molar-refractivity contribution >= 4 is 51.8 Å². The summed E-state index contributed by atoms with van der Waals surface area (Å²) in [5.74, 6) is -1.10. The molecule has 0 saturated carbocycles. The number of carbonyl (C=O) groups is 2. The van der Waals surface area contributed by atoms with Gasteiger partial charge in [0.2, 0.25) is 0 Å². The molecule has 3 rings (SSSR count). The van der Waals surface area contributed by atoms with Gasteiger partial charge in [-0.1, -0.05) is 23.2 Å². The van der Waals surface area contributed by atoms with Crippen molar-refractivity contribution in [2.45, 2.75) is 13.0 Å². The molecule has 128 valence electrons. The van der Waals surface area contributed by atoms with Gasteiger partial charge in [-0.05, 0) is 43.3 Å². The summed E-state index contributed by atoms with van der Waals surface area (Å²) in [6, 6.07) is 9.55. The number of imidazole rings is 1. The summed E-state index contributed by atoms with van der Waals surface area (Å²) >= 11 is 11.8. The summed E-state index contributed by atoms with van der Waals surface area (Å²) < 4.78 is 5.21. The van der Waals surface area contributed by atoms with Gasteiger partial charge in [-0.15, -0.1) is 0 Å². The normalized spacial score (nSPS) is 12.0. The van der Waals surface area contributed by atoms with Crippen LogP contribution >= 0.6 is 23.2 Å². The molecule has 0 radical (unpaired) electrons. The number of anilines is 1. The Bertz CT molecular complexity index is 935. The number of carbonyl (C=O) groups excluding carboxylic acids is 2. The Morgan fingerprint density at radius 1 is 1.16 bits per heavy atom. The number of nitrogens with zero attached hydrogens (tertiary/aromatic N) is 1. The number of fused-ring (bicyclic) bond motifs is 1. The number of H-pyrrole nitrogens is 1. The van der Waals surface area contributed by atoms with Crippen LogP contribution in [0.2, 0.25) is 10.0 Å². The van der Waals surface area contributed by atoms with Crippen LogP contribution in [0.5, 0.6) is 0 Å². The van der Waals surface area contributed by atoms with Crippen molar-refractivity contribution in [1.29, 1.82) is 0 Å². The third-order valence-corrected chi connectivity index (χ3v) is 3.88. The van der Waals surface area contributed by atoms with Crippen molar-refractivity contribution in [2.75, 3.05) is 5.32 Å². The lowest BCUT2D eigenvalue weighted by atomic mass is 10.2. The molecule has 0 fully saturated rings. The van der Waals surface area contributed by atoms with Crippen LogP contribution in [0.15, 0.2) is 42.7 Å². The van der Waals surface area contributed by atoms with Gasteiger partial charge in [0.05, 0.1) is 22.9 Å². The summed E-state index contributed by atoms with van der Waals surface area (Å²) in [5.41, 5.74) is 2.19. The van der Waals surface area contributed by atoms with Gasteiger partial charge in [0.15, 0.2) is 6.10 Å². The number of amides is 1. The molecular formula is C17H13Cl2N3O3. The third-order valence-electron chi connectivity index (χ3n) is 3.44. The molecule has 1 heterocycles. The van der Waals surface area contributed by atoms with Crippen molar-refractivity contribution in [3.05, 3.63) is 58.3 Å². The fourth-order valence-electron chi connectivity index (χ4n) is 2.21. The van der Waals surface area contributed by atoms with E-state index in [1.165, 1.54) is 13.3 Å². The lowest BCUT2D eigenvalue weighted by Gasteiger charge is -2.14. The van der Waals surface area contributed by atoms with Crippen LogP contribution in [0, 0.1) is 0 Å². The van der Waals surface area contributed by atoms with Gasteiger partial charge in [0.1, 0.15) is 0 Å². The maximum Gasteiger partial charge on any atom is 0.338 e. The van der Waals surface area contributed by atoms with Crippen LogP contribution < -0.4 is 5.32 Å². The number of aromatic nitrogens is 2. The Balaban J connectivity index is 1.66. The Labute approximate surface area is 153 Å². The number of halogens is 2. The zero-order valence-corrected chi connectivity index (χ0v) is 14.6. The Morgan fingerprint density at radius 3 is 2.60 bits per heavy atom. The molecule has 1 unspecified atom stereocenters. The van der Waals surface area contributed by atoms with Crippen LogP contribution in [-0.4, -0.2) is 27.9 Å². The number of hydrogen-bond acceptors (Lipinski definition) is 4. The van der Waals surface area contributed by atoms with Gasteiger partial charge in [-0.25, -0.2) is 9.78 Å². The first-order valence-corrected chi connectivity index (χ1v) is 8.09. The third kappa shape index (κ3) is 4.10. The number of esters is 1. The van der Waals surface area contributed by atoms with Gasteiger partial charge >= 0.3 is 5.97 Å². The van der Waals surface area contributed by atoms with E-state index >= 15 is 0 Å². The van der Waals surface area contributed by atoms with E-state index in [0.717, 1.165) is 5.52 Å². The average molecular weight is 378 g/mol. The SMILES string of the molecule is CC(OC(=O)c1ccc2nc[nH]c2c1)C(=O)Nc1cc(Cl)cc(Cl)c1. The minimum atomic E-state index is -0.997. The number of aromatic amines is 1. The second-order valence-corrected chi connectivity index (χ2v) is 6.20. The maximum atomic E-state index is 12.2. The molecule has 1 atom stereocenters. The highest BCUT2D eigenvalue weighted by Crippen LogP contribution is 2.22. The molecule has 6 nitrogen and oxygen atoms in total. The highest BCUT2D eigenvalue weighted by molar-refractivity contribution is 6.35. The van der Waals surface area contributed by atoms with Gasteiger partial charge in [0, 0.05) is 15.7 Å². The number of rotatable bonds is 4. The fourth-order valence-corrected chi connectivity index (χ4v) is 2.74. The molecule has 0 saturated heterocycles. The van der Waals surface area contributed by atoms with E-state index < -0.39 is 18.0 Å². The van der Waals surface area contributed by atoms with Gasteiger partial charge < -0.3 is 15.0 Å². The summed E-state index contributed by atoms with van der Waals surface area (Å²) in [6.07, 6.45) is 0.536. The van der Waals surface area contributed by atoms with Gasteiger partial charge in [-0.3, -0.25) is 4.79 Å². The van der Waals surface area contributed by atoms with Gasteiger partial charge in [0.25, 0.3) is 5.91 Å². The van der Waals surface area contributed by atoms with Crippen molar-refractivity contribution in [3.8, 4) is 0 Å². The second kappa shape index (κ2) is 7.13. The molecule has 0 bridgehead atoms. The highest BCUT2D eigenvalue weighted by atomic mass is 35.5. The lowest BCUT2D eigenvalue weighted by Crippen LogP contribution is -2.30. The van der Waals surface area contributed by atoms with Crippen LogP contribution in [0.3, 0.4) is 0 Å². The number of hydrogen-bond donors (Lipinski definition) is 2. The molecule has 2 N–H and O–H groups in total. The highest BCUT2D eigenvalue weighted by Gasteiger charge is 2.19. The van der Waals surface area contributed by atoms with Crippen molar-refractivity contribution in [2.24, 2.45) is 0 Å². The molecule has 1 amide bonds. The van der Waals surface area contributed by atoms with E-state index in [1.54, 1.807) is 36.4 Å². The quantitative estimate of drug-likeness (QED) is 0.671. The molecule has 8 heteroatoms. The van der Waals surface area contributed by atoms with E-state index in [0.29, 0.717) is 26.8 Å². The first-order chi connectivity index (χ1) is 11.9. The van der Waals surface area contributed by atoms with Crippen LogP contribution in [0.25, 0.3) is 11.0 Å². The smallest absolute Gasteiger partial charge is 0.338 e. The number of benzene rings is 2. The molecule has 1 aromatic heterocycles. The number of ether oxygens (including phenoxy) is 1. The zero-order valence-electron chi connectivity index (χ0n) is 13.0. The van der Waals surface area contributed by atoms with E-state index in [4.69, 9.17) is 27.9 Å². The Morgan fingerprint density at radius 2 is 1.88 bits per heavy atom. The molecular weight excluding hydrogens is 365 g/mol. The molecule has 0 aliphatic rings. The predicted molar refractivity (Wildman–Crippen MR) is 96.1 cm³/mol. The number of nitrogens with one attached hydrogen (secondary N) is 2. The molecule has 2 aromatic carbocycles. The lowest BCUT2D eigenvalue weighted by molar-refractivity contribution is -0.123. The van der Waals surface area contributed by atoms with Crippen LogP contribution in [-0.2, 0) is 9.53 Å². The van der Waals surface area contributed by atoms with Crippen molar-refractivity contribution in [3.63, 3.8) is 0 Å².